The second-order valence-electron chi connectivity index (χ2n) is 3.97. The van der Waals surface area contributed by atoms with Gasteiger partial charge >= 0.3 is 0 Å². The van der Waals surface area contributed by atoms with Crippen LogP contribution in [0, 0.1) is 5.82 Å². The second kappa shape index (κ2) is 7.79. The summed E-state index contributed by atoms with van der Waals surface area (Å²) in [6, 6.07) is 6.32. The maximum atomic E-state index is 13.5. The molecule has 0 saturated carbocycles. The molecule has 1 amide bonds. The molecule has 5 heteroatoms. The van der Waals surface area contributed by atoms with Crippen molar-refractivity contribution in [1.29, 1.82) is 0 Å². The fourth-order valence-corrected chi connectivity index (χ4v) is 1.54. The summed E-state index contributed by atoms with van der Waals surface area (Å²) in [7, 11) is 1.57. The van der Waals surface area contributed by atoms with Gasteiger partial charge in [-0.05, 0) is 13.0 Å². The molecular formula is C13H19FN2O2. The van der Waals surface area contributed by atoms with Crippen molar-refractivity contribution in [1.82, 2.24) is 10.6 Å². The van der Waals surface area contributed by atoms with Gasteiger partial charge in [-0.3, -0.25) is 4.79 Å². The Kier molecular flexibility index (Phi) is 6.32. The van der Waals surface area contributed by atoms with Crippen LogP contribution in [-0.2, 0) is 9.53 Å². The molecule has 0 aromatic heterocycles. The van der Waals surface area contributed by atoms with Crippen molar-refractivity contribution in [3.63, 3.8) is 0 Å². The molecule has 0 aliphatic rings. The monoisotopic (exact) mass is 254 g/mol. The Hall–Kier alpha value is -1.46. The van der Waals surface area contributed by atoms with Crippen LogP contribution in [-0.4, -0.2) is 32.7 Å². The first kappa shape index (κ1) is 14.6. The highest BCUT2D eigenvalue weighted by Gasteiger charge is 2.10. The van der Waals surface area contributed by atoms with Crippen LogP contribution in [0.25, 0.3) is 0 Å². The number of hydrogen-bond acceptors (Lipinski definition) is 3. The minimum absolute atomic E-state index is 0.129. The standard InChI is InChI=1S/C13H19FN2O2/c1-10(11-5-3-4-6-12(11)14)16-9-13(17)15-7-8-18-2/h3-6,10,16H,7-9H2,1-2H3,(H,15,17)/t10-/m1/s1. The van der Waals surface area contributed by atoms with E-state index >= 15 is 0 Å². The summed E-state index contributed by atoms with van der Waals surface area (Å²) in [6.45, 7) is 2.93. The Labute approximate surface area is 107 Å². The van der Waals surface area contributed by atoms with Crippen molar-refractivity contribution in [3.05, 3.63) is 35.6 Å². The van der Waals surface area contributed by atoms with Crippen molar-refractivity contribution < 1.29 is 13.9 Å². The number of ether oxygens (including phenoxy) is 1. The zero-order valence-corrected chi connectivity index (χ0v) is 10.7. The molecule has 0 saturated heterocycles. The van der Waals surface area contributed by atoms with Crippen LogP contribution in [0.15, 0.2) is 24.3 Å². The van der Waals surface area contributed by atoms with Crippen LogP contribution in [0.2, 0.25) is 0 Å². The van der Waals surface area contributed by atoms with Crippen LogP contribution < -0.4 is 10.6 Å². The molecule has 1 atom stereocenters. The SMILES string of the molecule is COCCNC(=O)CN[C@H](C)c1ccccc1F. The number of carbonyl (C=O) groups excluding carboxylic acids is 1. The van der Waals surface area contributed by atoms with Crippen molar-refractivity contribution in [2.75, 3.05) is 26.8 Å². The fourth-order valence-electron chi connectivity index (χ4n) is 1.54. The predicted molar refractivity (Wildman–Crippen MR) is 67.7 cm³/mol. The average Bonchev–Trinajstić information content (AvgIpc) is 2.37. The summed E-state index contributed by atoms with van der Waals surface area (Å²) in [5.74, 6) is -0.396. The molecule has 0 unspecified atom stereocenters. The van der Waals surface area contributed by atoms with Crippen LogP contribution in [0.3, 0.4) is 0 Å². The van der Waals surface area contributed by atoms with E-state index in [1.807, 2.05) is 6.92 Å². The first-order valence-corrected chi connectivity index (χ1v) is 5.88. The fraction of sp³-hybridized carbons (Fsp3) is 0.462. The van der Waals surface area contributed by atoms with Gasteiger partial charge in [0.2, 0.25) is 5.91 Å². The van der Waals surface area contributed by atoms with E-state index in [-0.39, 0.29) is 24.3 Å². The third-order valence-corrected chi connectivity index (χ3v) is 2.57. The van der Waals surface area contributed by atoms with Gasteiger partial charge in [0, 0.05) is 25.3 Å². The molecular weight excluding hydrogens is 235 g/mol. The van der Waals surface area contributed by atoms with E-state index in [0.717, 1.165) is 0 Å². The van der Waals surface area contributed by atoms with Gasteiger partial charge in [0.25, 0.3) is 0 Å². The van der Waals surface area contributed by atoms with Gasteiger partial charge in [0.05, 0.1) is 13.2 Å². The van der Waals surface area contributed by atoms with E-state index in [2.05, 4.69) is 10.6 Å². The summed E-state index contributed by atoms with van der Waals surface area (Å²) in [5, 5.41) is 5.66. The molecule has 2 N–H and O–H groups in total. The Morgan fingerprint density at radius 1 is 1.44 bits per heavy atom. The number of hydrogen-bond donors (Lipinski definition) is 2. The van der Waals surface area contributed by atoms with Crippen molar-refractivity contribution in [2.24, 2.45) is 0 Å². The van der Waals surface area contributed by atoms with Gasteiger partial charge in [0.15, 0.2) is 0 Å². The number of benzene rings is 1. The van der Waals surface area contributed by atoms with Gasteiger partial charge in [-0.2, -0.15) is 0 Å². The molecule has 0 radical (unpaired) electrons. The van der Waals surface area contributed by atoms with Crippen molar-refractivity contribution >= 4 is 5.91 Å². The number of carbonyl (C=O) groups is 1. The molecule has 0 aliphatic carbocycles. The quantitative estimate of drug-likeness (QED) is 0.720. The predicted octanol–water partition coefficient (Wildman–Crippen LogP) is 1.24. The van der Waals surface area contributed by atoms with E-state index in [0.29, 0.717) is 18.7 Å². The normalized spacial score (nSPS) is 12.2. The minimum Gasteiger partial charge on any atom is -0.383 e. The summed E-state index contributed by atoms with van der Waals surface area (Å²) in [4.78, 5) is 11.4. The summed E-state index contributed by atoms with van der Waals surface area (Å²) in [6.07, 6.45) is 0. The zero-order valence-electron chi connectivity index (χ0n) is 10.7. The van der Waals surface area contributed by atoms with Crippen LogP contribution in [0.4, 0.5) is 4.39 Å². The largest absolute Gasteiger partial charge is 0.383 e. The Balaban J connectivity index is 2.35. The van der Waals surface area contributed by atoms with E-state index < -0.39 is 0 Å². The number of halogens is 1. The Morgan fingerprint density at radius 2 is 2.17 bits per heavy atom. The highest BCUT2D eigenvalue weighted by Crippen LogP contribution is 2.15. The third-order valence-electron chi connectivity index (χ3n) is 2.57. The first-order valence-electron chi connectivity index (χ1n) is 5.88. The maximum absolute atomic E-state index is 13.5. The summed E-state index contributed by atoms with van der Waals surface area (Å²) < 4.78 is 18.3. The maximum Gasteiger partial charge on any atom is 0.234 e. The van der Waals surface area contributed by atoms with Gasteiger partial charge in [-0.25, -0.2) is 4.39 Å². The summed E-state index contributed by atoms with van der Waals surface area (Å²) >= 11 is 0. The van der Waals surface area contributed by atoms with E-state index in [1.54, 1.807) is 25.3 Å². The molecule has 1 rings (SSSR count). The number of nitrogens with one attached hydrogen (secondary N) is 2. The van der Waals surface area contributed by atoms with Crippen LogP contribution in [0.5, 0.6) is 0 Å². The minimum atomic E-state index is -0.266. The summed E-state index contributed by atoms with van der Waals surface area (Å²) in [5.41, 5.74) is 0.558. The van der Waals surface area contributed by atoms with Gasteiger partial charge in [0.1, 0.15) is 5.82 Å². The van der Waals surface area contributed by atoms with Crippen LogP contribution in [0.1, 0.15) is 18.5 Å². The van der Waals surface area contributed by atoms with Crippen LogP contribution >= 0.6 is 0 Å². The molecule has 18 heavy (non-hydrogen) atoms. The molecule has 1 aromatic carbocycles. The van der Waals surface area contributed by atoms with Gasteiger partial charge < -0.3 is 15.4 Å². The average molecular weight is 254 g/mol. The first-order chi connectivity index (χ1) is 8.65. The van der Waals surface area contributed by atoms with E-state index in [9.17, 15) is 9.18 Å². The highest BCUT2D eigenvalue weighted by atomic mass is 19.1. The second-order valence-corrected chi connectivity index (χ2v) is 3.97. The smallest absolute Gasteiger partial charge is 0.234 e. The lowest BCUT2D eigenvalue weighted by molar-refractivity contribution is -0.120. The van der Waals surface area contributed by atoms with Crippen molar-refractivity contribution in [2.45, 2.75) is 13.0 Å². The van der Waals surface area contributed by atoms with Crippen molar-refractivity contribution in [3.8, 4) is 0 Å². The van der Waals surface area contributed by atoms with Gasteiger partial charge in [-0.15, -0.1) is 0 Å². The Morgan fingerprint density at radius 3 is 2.83 bits per heavy atom. The third kappa shape index (κ3) is 4.81. The molecule has 0 aliphatic heterocycles. The number of rotatable bonds is 7. The lowest BCUT2D eigenvalue weighted by Gasteiger charge is -2.14. The molecule has 4 nitrogen and oxygen atoms in total. The number of amides is 1. The molecule has 100 valence electrons. The molecule has 0 bridgehead atoms. The lowest BCUT2D eigenvalue weighted by Crippen LogP contribution is -2.36. The number of methoxy groups -OCH3 is 1. The molecule has 0 spiro atoms. The molecule has 0 fully saturated rings. The van der Waals surface area contributed by atoms with E-state index in [1.165, 1.54) is 6.07 Å². The molecule has 0 heterocycles. The van der Waals surface area contributed by atoms with Gasteiger partial charge in [-0.1, -0.05) is 18.2 Å². The lowest BCUT2D eigenvalue weighted by atomic mass is 10.1. The van der Waals surface area contributed by atoms with E-state index in [4.69, 9.17) is 4.74 Å². The molecule has 1 aromatic rings. The highest BCUT2D eigenvalue weighted by molar-refractivity contribution is 5.78. The topological polar surface area (TPSA) is 50.4 Å². The Bertz CT molecular complexity index is 385. The zero-order chi connectivity index (χ0) is 13.4.